The van der Waals surface area contributed by atoms with Crippen molar-refractivity contribution in [2.45, 2.75) is 57.3 Å². The summed E-state index contributed by atoms with van der Waals surface area (Å²) in [5.41, 5.74) is 0.0226. The molecule has 0 radical (unpaired) electrons. The molecule has 0 bridgehead atoms. The van der Waals surface area contributed by atoms with Crippen LogP contribution in [0.2, 0.25) is 0 Å². The van der Waals surface area contributed by atoms with Crippen LogP contribution in [0.5, 0.6) is 0 Å². The molecule has 1 aromatic rings. The van der Waals surface area contributed by atoms with E-state index in [4.69, 9.17) is 4.74 Å². The summed E-state index contributed by atoms with van der Waals surface area (Å²) in [5.74, 6) is 0. The molecule has 2 nitrogen and oxygen atoms in total. The fraction of sp³-hybridized carbons (Fsp3) is 0.625. The Morgan fingerprint density at radius 3 is 2.33 bits per heavy atom. The smallest absolute Gasteiger partial charge is 0.382 e. The van der Waals surface area contributed by atoms with E-state index in [1.807, 2.05) is 0 Å². The van der Waals surface area contributed by atoms with E-state index in [-0.39, 0.29) is 11.6 Å². The Labute approximate surface area is 123 Å². The van der Waals surface area contributed by atoms with Gasteiger partial charge in [0, 0.05) is 18.3 Å². The highest BCUT2D eigenvalue weighted by molar-refractivity contribution is 5.46. The van der Waals surface area contributed by atoms with Crippen LogP contribution in [0.4, 0.5) is 18.9 Å². The molecule has 1 N–H and O–H groups in total. The fourth-order valence-electron chi connectivity index (χ4n) is 2.88. The van der Waals surface area contributed by atoms with Crippen molar-refractivity contribution in [3.8, 4) is 0 Å². The Kier molecular flexibility index (Phi) is 4.81. The zero-order valence-electron chi connectivity index (χ0n) is 12.5. The van der Waals surface area contributed by atoms with Gasteiger partial charge in [-0.15, -0.1) is 0 Å². The van der Waals surface area contributed by atoms with Gasteiger partial charge in [-0.3, -0.25) is 0 Å². The highest BCUT2D eigenvalue weighted by atomic mass is 19.4. The van der Waals surface area contributed by atoms with Crippen LogP contribution >= 0.6 is 0 Å². The highest BCUT2D eigenvalue weighted by Crippen LogP contribution is 2.33. The zero-order chi connectivity index (χ0) is 15.5. The standard InChI is InChI=1S/C16H22F3NO/c1-3-15(4-2)11-14(9-10-21-15)20-13-7-5-12(6-8-13)16(17,18)19/h5-8,14,20H,3-4,9-11H2,1-2H3. The maximum Gasteiger partial charge on any atom is 0.416 e. The van der Waals surface area contributed by atoms with Crippen LogP contribution in [0.3, 0.4) is 0 Å². The van der Waals surface area contributed by atoms with Gasteiger partial charge in [-0.2, -0.15) is 13.2 Å². The summed E-state index contributed by atoms with van der Waals surface area (Å²) in [7, 11) is 0. The minimum atomic E-state index is -4.28. The first-order valence-electron chi connectivity index (χ1n) is 7.46. The number of halogens is 3. The second-order valence-electron chi connectivity index (χ2n) is 5.65. The van der Waals surface area contributed by atoms with Gasteiger partial charge in [0.25, 0.3) is 0 Å². The van der Waals surface area contributed by atoms with Crippen LogP contribution in [0, 0.1) is 0 Å². The summed E-state index contributed by atoms with van der Waals surface area (Å²) in [6, 6.07) is 5.48. The monoisotopic (exact) mass is 301 g/mol. The first-order valence-corrected chi connectivity index (χ1v) is 7.46. The van der Waals surface area contributed by atoms with Gasteiger partial charge < -0.3 is 10.1 Å². The van der Waals surface area contributed by atoms with Crippen LogP contribution in [0.15, 0.2) is 24.3 Å². The van der Waals surface area contributed by atoms with Crippen LogP contribution < -0.4 is 5.32 Å². The zero-order valence-corrected chi connectivity index (χ0v) is 12.5. The summed E-state index contributed by atoms with van der Waals surface area (Å²) in [6.45, 7) is 4.92. The van der Waals surface area contributed by atoms with Crippen molar-refractivity contribution in [2.75, 3.05) is 11.9 Å². The number of nitrogens with one attached hydrogen (secondary N) is 1. The van der Waals surface area contributed by atoms with E-state index in [9.17, 15) is 13.2 Å². The molecule has 1 unspecified atom stereocenters. The van der Waals surface area contributed by atoms with E-state index in [0.717, 1.165) is 43.5 Å². The van der Waals surface area contributed by atoms with Gasteiger partial charge in [0.1, 0.15) is 0 Å². The Hall–Kier alpha value is -1.23. The summed E-state index contributed by atoms with van der Waals surface area (Å²) in [4.78, 5) is 0. The molecule has 5 heteroatoms. The third kappa shape index (κ3) is 3.90. The molecule has 1 fully saturated rings. The van der Waals surface area contributed by atoms with Gasteiger partial charge in [-0.1, -0.05) is 13.8 Å². The number of alkyl halides is 3. The van der Waals surface area contributed by atoms with E-state index < -0.39 is 11.7 Å². The second kappa shape index (κ2) is 6.26. The second-order valence-corrected chi connectivity index (χ2v) is 5.65. The molecule has 1 aliphatic heterocycles. The summed E-state index contributed by atoms with van der Waals surface area (Å²) >= 11 is 0. The molecular weight excluding hydrogens is 279 g/mol. The summed E-state index contributed by atoms with van der Waals surface area (Å²) in [6.07, 6.45) is -0.607. The molecule has 0 saturated carbocycles. The highest BCUT2D eigenvalue weighted by Gasteiger charge is 2.34. The largest absolute Gasteiger partial charge is 0.416 e. The molecule has 0 amide bonds. The summed E-state index contributed by atoms with van der Waals surface area (Å²) in [5, 5.41) is 3.34. The van der Waals surface area contributed by atoms with Crippen molar-refractivity contribution < 1.29 is 17.9 Å². The van der Waals surface area contributed by atoms with Crippen LogP contribution in [-0.2, 0) is 10.9 Å². The van der Waals surface area contributed by atoms with Gasteiger partial charge in [0.05, 0.1) is 11.2 Å². The molecule has 1 saturated heterocycles. The normalized spacial score (nSPS) is 22.0. The molecule has 118 valence electrons. The predicted molar refractivity (Wildman–Crippen MR) is 77.4 cm³/mol. The van der Waals surface area contributed by atoms with E-state index in [2.05, 4.69) is 19.2 Å². The Morgan fingerprint density at radius 1 is 1.19 bits per heavy atom. The van der Waals surface area contributed by atoms with Gasteiger partial charge in [-0.25, -0.2) is 0 Å². The van der Waals surface area contributed by atoms with E-state index in [1.54, 1.807) is 0 Å². The lowest BCUT2D eigenvalue weighted by molar-refractivity contribution is -0.137. The lowest BCUT2D eigenvalue weighted by atomic mass is 9.86. The average Bonchev–Trinajstić information content (AvgIpc) is 2.47. The molecule has 0 spiro atoms. The predicted octanol–water partition coefficient (Wildman–Crippen LogP) is 4.86. The van der Waals surface area contributed by atoms with E-state index in [1.165, 1.54) is 12.1 Å². The van der Waals surface area contributed by atoms with Crippen molar-refractivity contribution >= 4 is 5.69 Å². The maximum absolute atomic E-state index is 12.5. The SMILES string of the molecule is CCC1(CC)CC(Nc2ccc(C(F)(F)F)cc2)CCO1. The number of ether oxygens (including phenoxy) is 1. The molecule has 0 aromatic heterocycles. The number of benzene rings is 1. The number of hydrogen-bond donors (Lipinski definition) is 1. The minimum absolute atomic E-state index is 0.0954. The van der Waals surface area contributed by atoms with Gasteiger partial charge >= 0.3 is 6.18 Å². The molecular formula is C16H22F3NO. The Morgan fingerprint density at radius 2 is 1.81 bits per heavy atom. The van der Waals surface area contributed by atoms with Crippen molar-refractivity contribution in [1.29, 1.82) is 0 Å². The van der Waals surface area contributed by atoms with Gasteiger partial charge in [-0.05, 0) is 49.9 Å². The van der Waals surface area contributed by atoms with E-state index >= 15 is 0 Å². The van der Waals surface area contributed by atoms with Crippen LogP contribution in [0.25, 0.3) is 0 Å². The van der Waals surface area contributed by atoms with Crippen LogP contribution in [0.1, 0.15) is 45.1 Å². The van der Waals surface area contributed by atoms with E-state index in [0.29, 0.717) is 6.61 Å². The number of anilines is 1. The quantitative estimate of drug-likeness (QED) is 0.858. The molecule has 21 heavy (non-hydrogen) atoms. The molecule has 1 atom stereocenters. The first-order chi connectivity index (χ1) is 9.88. The maximum atomic E-state index is 12.5. The van der Waals surface area contributed by atoms with Crippen molar-refractivity contribution in [2.24, 2.45) is 0 Å². The Bertz CT molecular complexity index is 452. The third-order valence-corrected chi connectivity index (χ3v) is 4.36. The fourth-order valence-corrected chi connectivity index (χ4v) is 2.88. The van der Waals surface area contributed by atoms with Gasteiger partial charge in [0.2, 0.25) is 0 Å². The number of hydrogen-bond acceptors (Lipinski definition) is 2. The topological polar surface area (TPSA) is 21.3 Å². The lowest BCUT2D eigenvalue weighted by Crippen LogP contribution is -2.43. The first kappa shape index (κ1) is 16.1. The molecule has 2 rings (SSSR count). The van der Waals surface area contributed by atoms with Gasteiger partial charge in [0.15, 0.2) is 0 Å². The Balaban J connectivity index is 2.01. The lowest BCUT2D eigenvalue weighted by Gasteiger charge is -2.40. The van der Waals surface area contributed by atoms with Crippen molar-refractivity contribution in [3.63, 3.8) is 0 Å². The third-order valence-electron chi connectivity index (χ3n) is 4.36. The van der Waals surface area contributed by atoms with Crippen molar-refractivity contribution in [1.82, 2.24) is 0 Å². The molecule has 1 aromatic carbocycles. The molecule has 0 aliphatic carbocycles. The molecule has 1 aliphatic rings. The average molecular weight is 301 g/mol. The molecule has 1 heterocycles. The summed E-state index contributed by atoms with van der Waals surface area (Å²) < 4.78 is 43.5. The van der Waals surface area contributed by atoms with Crippen molar-refractivity contribution in [3.05, 3.63) is 29.8 Å². The number of rotatable bonds is 4. The van der Waals surface area contributed by atoms with Crippen LogP contribution in [-0.4, -0.2) is 18.2 Å². The minimum Gasteiger partial charge on any atom is -0.382 e.